The molecule has 2 saturated carbocycles. The van der Waals surface area contributed by atoms with E-state index in [0.717, 1.165) is 67.1 Å². The van der Waals surface area contributed by atoms with Crippen LogP contribution in [0.2, 0.25) is 5.02 Å². The lowest BCUT2D eigenvalue weighted by molar-refractivity contribution is -0.0717. The van der Waals surface area contributed by atoms with Crippen molar-refractivity contribution in [1.82, 2.24) is 19.4 Å². The predicted molar refractivity (Wildman–Crippen MR) is 175 cm³/mol. The number of hydrogen-bond acceptors (Lipinski definition) is 10. The number of pyridine rings is 1. The monoisotopic (exact) mass is 659 g/mol. The number of rotatable bonds is 10. The van der Waals surface area contributed by atoms with Gasteiger partial charge in [-0.25, -0.2) is 9.78 Å². The molecule has 2 aliphatic heterocycles. The molecule has 2 aromatic heterocycles. The average Bonchev–Trinajstić information content (AvgIpc) is 3.72. The van der Waals surface area contributed by atoms with Crippen LogP contribution < -0.4 is 19.1 Å². The molecule has 12 heteroatoms. The zero-order valence-corrected chi connectivity index (χ0v) is 27.5. The van der Waals surface area contributed by atoms with Crippen LogP contribution in [0, 0.1) is 0 Å². The predicted octanol–water partition coefficient (Wildman–Crippen LogP) is 5.56. The number of methoxy groups -OCH3 is 2. The smallest absolute Gasteiger partial charge is 0.338 e. The van der Waals surface area contributed by atoms with Gasteiger partial charge in [0.2, 0.25) is 0 Å². The summed E-state index contributed by atoms with van der Waals surface area (Å²) in [5.74, 6) is 1.50. The summed E-state index contributed by atoms with van der Waals surface area (Å²) >= 11 is 6.09. The zero-order chi connectivity index (χ0) is 32.3. The first-order chi connectivity index (χ1) is 22.8. The number of halogens is 1. The van der Waals surface area contributed by atoms with E-state index >= 15 is 0 Å². The number of anilines is 1. The number of para-hydroxylation sites is 1. The highest BCUT2D eigenvalue weighted by molar-refractivity contribution is 6.30. The SMILES string of the molecule is COC(=O)c1cc(OC)c2nc(CN3CCN(c4cccc5c4O[C@@](C)(c4ccc(Cl)cn4)O5)[C@H]4CC[C@@H]43)n(CCOC3CC3)c2c1. The summed E-state index contributed by atoms with van der Waals surface area (Å²) in [5.41, 5.74) is 3.72. The quantitative estimate of drug-likeness (QED) is 0.201. The standard InChI is InChI=1S/C35H38ClN5O6/c1-35(30-12-7-22(36)19-37-30)46-28-6-4-5-26(33(28)47-35)40-14-13-39(24-10-11-25(24)40)20-31-38-32-27(41(31)15-16-45-23-8-9-23)17-21(34(42)44-3)18-29(32)43-2/h4-7,12,17-19,23-25H,8-11,13-16,20H2,1-3H3/t24-,25-,35-/m0/s1. The highest BCUT2D eigenvalue weighted by atomic mass is 35.5. The minimum absolute atomic E-state index is 0.329. The highest BCUT2D eigenvalue weighted by Crippen LogP contribution is 2.51. The van der Waals surface area contributed by atoms with Crippen LogP contribution in [0.5, 0.6) is 17.2 Å². The first-order valence-corrected chi connectivity index (χ1v) is 16.6. The number of ether oxygens (including phenoxy) is 5. The lowest BCUT2D eigenvalue weighted by atomic mass is 9.81. The Bertz CT molecular complexity index is 1830. The maximum absolute atomic E-state index is 12.5. The van der Waals surface area contributed by atoms with Crippen LogP contribution >= 0.6 is 11.6 Å². The molecule has 3 atom stereocenters. The van der Waals surface area contributed by atoms with Gasteiger partial charge < -0.3 is 33.2 Å². The fraction of sp³-hybridized carbons (Fsp3) is 0.457. The molecule has 3 fully saturated rings. The summed E-state index contributed by atoms with van der Waals surface area (Å²) in [6.07, 6.45) is 6.38. The number of fused-ring (bicyclic) bond motifs is 3. The molecule has 1 saturated heterocycles. The van der Waals surface area contributed by atoms with Gasteiger partial charge in [0.05, 0.1) is 55.3 Å². The van der Waals surface area contributed by atoms with Crippen molar-refractivity contribution >= 4 is 34.3 Å². The Morgan fingerprint density at radius 1 is 1.06 bits per heavy atom. The summed E-state index contributed by atoms with van der Waals surface area (Å²) in [6, 6.07) is 14.0. The molecule has 0 bridgehead atoms. The first kappa shape index (κ1) is 30.3. The van der Waals surface area contributed by atoms with E-state index in [1.54, 1.807) is 25.4 Å². The number of esters is 1. The minimum atomic E-state index is -1.04. The highest BCUT2D eigenvalue weighted by Gasteiger charge is 2.47. The van der Waals surface area contributed by atoms with Crippen molar-refractivity contribution in [3.8, 4) is 17.2 Å². The van der Waals surface area contributed by atoms with Crippen LogP contribution in [0.3, 0.4) is 0 Å². The van der Waals surface area contributed by atoms with Crippen molar-refractivity contribution in [1.29, 1.82) is 0 Å². The third-order valence-electron chi connectivity index (χ3n) is 9.84. The van der Waals surface area contributed by atoms with Crippen LogP contribution in [0.4, 0.5) is 5.69 Å². The molecule has 0 amide bonds. The van der Waals surface area contributed by atoms with Crippen molar-refractivity contribution in [2.24, 2.45) is 0 Å². The lowest BCUT2D eigenvalue weighted by Crippen LogP contribution is -2.64. The van der Waals surface area contributed by atoms with Crippen LogP contribution in [0.1, 0.15) is 54.5 Å². The molecule has 8 rings (SSSR count). The van der Waals surface area contributed by atoms with Crippen LogP contribution in [-0.2, 0) is 28.4 Å². The van der Waals surface area contributed by atoms with Gasteiger partial charge in [0.15, 0.2) is 11.5 Å². The van der Waals surface area contributed by atoms with Crippen molar-refractivity contribution < 1.29 is 28.5 Å². The molecule has 4 aromatic rings. The van der Waals surface area contributed by atoms with Gasteiger partial charge in [-0.2, -0.15) is 0 Å². The zero-order valence-electron chi connectivity index (χ0n) is 26.8. The fourth-order valence-electron chi connectivity index (χ4n) is 7.13. The molecule has 2 aromatic carbocycles. The van der Waals surface area contributed by atoms with E-state index < -0.39 is 11.8 Å². The number of carbonyl (C=O) groups is 1. The molecular formula is C35H38ClN5O6. The molecule has 2 aliphatic carbocycles. The Labute approximate surface area is 278 Å². The number of carbonyl (C=O) groups excluding carboxylic acids is 1. The van der Waals surface area contributed by atoms with E-state index in [0.29, 0.717) is 65.7 Å². The van der Waals surface area contributed by atoms with Gasteiger partial charge in [0, 0.05) is 44.8 Å². The third-order valence-corrected chi connectivity index (χ3v) is 10.1. The molecule has 0 spiro atoms. The van der Waals surface area contributed by atoms with Gasteiger partial charge >= 0.3 is 5.97 Å². The Morgan fingerprint density at radius 3 is 2.64 bits per heavy atom. The molecule has 0 unspecified atom stereocenters. The van der Waals surface area contributed by atoms with Crippen LogP contribution in [0.25, 0.3) is 11.0 Å². The van der Waals surface area contributed by atoms with Crippen molar-refractivity contribution in [2.75, 3.05) is 38.8 Å². The van der Waals surface area contributed by atoms with Gasteiger partial charge in [0.25, 0.3) is 5.79 Å². The molecule has 11 nitrogen and oxygen atoms in total. The van der Waals surface area contributed by atoms with Crippen LogP contribution in [0.15, 0.2) is 48.7 Å². The summed E-state index contributed by atoms with van der Waals surface area (Å²) in [4.78, 5) is 27.1. The number of imidazole rings is 1. The van der Waals surface area contributed by atoms with Crippen molar-refractivity contribution in [3.05, 3.63) is 70.8 Å². The normalized spacial score (nSPS) is 23.4. The third kappa shape index (κ3) is 5.44. The molecule has 47 heavy (non-hydrogen) atoms. The minimum Gasteiger partial charge on any atom is -0.494 e. The average molecular weight is 660 g/mol. The number of benzene rings is 2. The molecule has 0 N–H and O–H groups in total. The van der Waals surface area contributed by atoms with Gasteiger partial charge in [0.1, 0.15) is 22.8 Å². The van der Waals surface area contributed by atoms with Gasteiger partial charge in [-0.1, -0.05) is 17.7 Å². The summed E-state index contributed by atoms with van der Waals surface area (Å²) in [6.45, 7) is 5.47. The maximum atomic E-state index is 12.5. The number of piperazine rings is 1. The molecular weight excluding hydrogens is 622 g/mol. The van der Waals surface area contributed by atoms with E-state index in [9.17, 15) is 4.79 Å². The van der Waals surface area contributed by atoms with Gasteiger partial charge in [-0.3, -0.25) is 9.88 Å². The fourth-order valence-corrected chi connectivity index (χ4v) is 7.25. The number of hydrogen-bond donors (Lipinski definition) is 0. The topological polar surface area (TPSA) is 100 Å². The first-order valence-electron chi connectivity index (χ1n) is 16.3. The Morgan fingerprint density at radius 2 is 1.91 bits per heavy atom. The Hall–Kier alpha value is -4.06. The summed E-state index contributed by atoms with van der Waals surface area (Å²) < 4.78 is 31.9. The van der Waals surface area contributed by atoms with E-state index in [1.807, 2.05) is 31.2 Å². The van der Waals surface area contributed by atoms with Gasteiger partial charge in [-0.05, 0) is 62.1 Å². The summed E-state index contributed by atoms with van der Waals surface area (Å²) in [5, 5.41) is 0.565. The van der Waals surface area contributed by atoms with Gasteiger partial charge in [-0.15, -0.1) is 0 Å². The second-order valence-corrected chi connectivity index (χ2v) is 13.2. The second kappa shape index (κ2) is 11.9. The van der Waals surface area contributed by atoms with Crippen molar-refractivity contribution in [2.45, 2.75) is 69.7 Å². The molecule has 0 radical (unpaired) electrons. The number of aromatic nitrogens is 3. The molecule has 246 valence electrons. The van der Waals surface area contributed by atoms with E-state index in [-0.39, 0.29) is 0 Å². The summed E-state index contributed by atoms with van der Waals surface area (Å²) in [7, 11) is 2.99. The van der Waals surface area contributed by atoms with E-state index in [2.05, 4.69) is 25.4 Å². The Balaban J connectivity index is 1.05. The lowest BCUT2D eigenvalue weighted by Gasteiger charge is -2.54. The number of nitrogens with zero attached hydrogens (tertiary/aromatic N) is 5. The second-order valence-electron chi connectivity index (χ2n) is 12.8. The van der Waals surface area contributed by atoms with Crippen molar-refractivity contribution in [3.63, 3.8) is 0 Å². The van der Waals surface area contributed by atoms with E-state index in [1.165, 1.54) is 7.11 Å². The maximum Gasteiger partial charge on any atom is 0.338 e. The Kier molecular flexibility index (Phi) is 7.65. The van der Waals surface area contributed by atoms with Crippen LogP contribution in [-0.4, -0.2) is 77.5 Å². The largest absolute Gasteiger partial charge is 0.494 e. The van der Waals surface area contributed by atoms with E-state index in [4.69, 9.17) is 40.3 Å². The molecule has 4 aliphatic rings. The molecule has 4 heterocycles.